The van der Waals surface area contributed by atoms with Crippen LogP contribution in [0.15, 0.2) is 48.7 Å². The molecule has 2 saturated carbocycles. The molecule has 0 radical (unpaired) electrons. The molecule has 1 aliphatic heterocycles. The van der Waals surface area contributed by atoms with E-state index in [1.807, 2.05) is 26.1 Å². The molecule has 2 amide bonds. The van der Waals surface area contributed by atoms with Crippen LogP contribution in [0.3, 0.4) is 0 Å². The highest BCUT2D eigenvalue weighted by Crippen LogP contribution is 2.54. The third kappa shape index (κ3) is 6.91. The average molecular weight is 809 g/mol. The summed E-state index contributed by atoms with van der Waals surface area (Å²) < 4.78 is 91.9. The quantitative estimate of drug-likeness (QED) is 0.168. The molecule has 1 unspecified atom stereocenters. The van der Waals surface area contributed by atoms with Gasteiger partial charge >= 0.3 is 12.3 Å². The van der Waals surface area contributed by atoms with E-state index in [-0.39, 0.29) is 48.0 Å². The third-order valence-electron chi connectivity index (χ3n) is 10.8. The van der Waals surface area contributed by atoms with Gasteiger partial charge < -0.3 is 15.4 Å². The Labute approximate surface area is 322 Å². The lowest BCUT2D eigenvalue weighted by Gasteiger charge is -2.47. The lowest BCUT2D eigenvalue weighted by atomic mass is 9.60. The number of aromatic nitrogens is 6. The molecule has 56 heavy (non-hydrogen) atoms. The molecule has 3 N–H and O–H groups in total. The second-order valence-corrected chi connectivity index (χ2v) is 16.5. The first-order chi connectivity index (χ1) is 26.2. The van der Waals surface area contributed by atoms with E-state index in [4.69, 9.17) is 16.3 Å². The minimum Gasteiger partial charge on any atom is -0.447 e. The number of allylic oxidation sites excluding steroid dienone is 3. The normalized spacial score (nSPS) is 24.2. The average Bonchev–Trinajstić information content (AvgIpc) is 3.98. The van der Waals surface area contributed by atoms with Crippen molar-refractivity contribution in [3.05, 3.63) is 70.8 Å². The monoisotopic (exact) mass is 808 g/mol. The highest BCUT2D eigenvalue weighted by atomic mass is 35.5. The Hall–Kier alpha value is -4.94. The number of halogens is 7. The molecule has 1 aromatic carbocycles. The fraction of sp³-hybridized carbons (Fsp3) is 0.528. The van der Waals surface area contributed by atoms with E-state index >= 15 is 9.18 Å². The zero-order chi connectivity index (χ0) is 40.6. The van der Waals surface area contributed by atoms with E-state index in [0.29, 0.717) is 11.3 Å². The second-order valence-electron chi connectivity index (χ2n) is 16.1. The van der Waals surface area contributed by atoms with Crippen LogP contribution in [0.5, 0.6) is 0 Å². The summed E-state index contributed by atoms with van der Waals surface area (Å²) in [4.78, 5) is 34.2. The van der Waals surface area contributed by atoms with E-state index in [0.717, 1.165) is 28.8 Å². The van der Waals surface area contributed by atoms with Gasteiger partial charge in [0.15, 0.2) is 11.8 Å². The predicted molar refractivity (Wildman–Crippen MR) is 189 cm³/mol. The number of nitrogens with one attached hydrogen (secondary N) is 3. The summed E-state index contributed by atoms with van der Waals surface area (Å²) in [5.74, 6) is -2.76. The number of ether oxygens (including phenoxy) is 1. The van der Waals surface area contributed by atoms with Crippen molar-refractivity contribution in [2.45, 2.75) is 102 Å². The fourth-order valence-corrected chi connectivity index (χ4v) is 7.61. The van der Waals surface area contributed by atoms with Gasteiger partial charge in [-0.25, -0.2) is 27.6 Å². The maximum atomic E-state index is 16.9. The van der Waals surface area contributed by atoms with Crippen LogP contribution in [0.2, 0.25) is 5.02 Å². The van der Waals surface area contributed by atoms with E-state index in [2.05, 4.69) is 25.6 Å². The minimum atomic E-state index is -4.75. The number of carbonyl (C=O) groups excluding carboxylic acids is 2. The number of hydrogen-bond acceptors (Lipinski definition) is 8. The van der Waals surface area contributed by atoms with Gasteiger partial charge in [0.05, 0.1) is 34.4 Å². The molecule has 3 heterocycles. The van der Waals surface area contributed by atoms with Crippen molar-refractivity contribution in [2.75, 3.05) is 6.61 Å². The lowest BCUT2D eigenvalue weighted by Crippen LogP contribution is -2.61. The predicted octanol–water partition coefficient (Wildman–Crippen LogP) is 7.54. The van der Waals surface area contributed by atoms with Gasteiger partial charge in [0.1, 0.15) is 35.5 Å². The maximum absolute atomic E-state index is 16.9. The van der Waals surface area contributed by atoms with Gasteiger partial charge in [0.2, 0.25) is 0 Å². The van der Waals surface area contributed by atoms with Crippen LogP contribution in [0, 0.1) is 16.2 Å². The van der Waals surface area contributed by atoms with Crippen molar-refractivity contribution in [3.63, 3.8) is 0 Å². The summed E-state index contributed by atoms with van der Waals surface area (Å²) in [5, 5.41) is 26.6. The number of carbonyl (C=O) groups is 2. The van der Waals surface area contributed by atoms with Crippen molar-refractivity contribution >= 4 is 35.1 Å². The van der Waals surface area contributed by atoms with E-state index in [1.54, 1.807) is 24.0 Å². The standard InChI is InChI=1S/C36H39ClF6N10O3/c1-32(2,3)17-35(33(4)10-9-19(14-26(33)38)23-15-46-53(50-23)21-6-7-21)29(54)51(30(44)48-35)25(16-56-31(55)49-34(11-12-34)36(41,42)43)20-5-8-22(37)24(13-20)52-28(27(39)40)45-18-47-52/h5,8-9,13-15,18,21,25,27H,6-7,10-12,16-17H2,1-4H3,(H2,44,48)(H,49,55)/t25-,33?,35+/m1/s1. The first kappa shape index (κ1) is 39.3. The van der Waals surface area contributed by atoms with Crippen LogP contribution >= 0.6 is 11.6 Å². The molecule has 0 bridgehead atoms. The smallest absolute Gasteiger partial charge is 0.411 e. The van der Waals surface area contributed by atoms with Crippen LogP contribution in [-0.4, -0.2) is 76.5 Å². The Morgan fingerprint density at radius 3 is 2.50 bits per heavy atom. The van der Waals surface area contributed by atoms with Gasteiger partial charge in [-0.2, -0.15) is 33.3 Å². The van der Waals surface area contributed by atoms with E-state index in [1.165, 1.54) is 24.3 Å². The van der Waals surface area contributed by atoms with Crippen molar-refractivity contribution in [2.24, 2.45) is 10.8 Å². The summed E-state index contributed by atoms with van der Waals surface area (Å²) in [6.07, 6.45) is -2.66. The minimum absolute atomic E-state index is 0.0127. The Kier molecular flexibility index (Phi) is 9.56. The molecule has 2 aromatic heterocycles. The Balaban J connectivity index is 1.27. The molecule has 3 fully saturated rings. The summed E-state index contributed by atoms with van der Waals surface area (Å²) >= 11 is 6.43. The van der Waals surface area contributed by atoms with Gasteiger partial charge in [-0.05, 0) is 67.7 Å². The highest BCUT2D eigenvalue weighted by molar-refractivity contribution is 6.32. The molecule has 3 atom stereocenters. The van der Waals surface area contributed by atoms with Crippen LogP contribution in [0.25, 0.3) is 11.3 Å². The van der Waals surface area contributed by atoms with Crippen LogP contribution in [0.4, 0.5) is 31.1 Å². The number of rotatable bonds is 11. The Bertz CT molecular complexity index is 2140. The molecule has 300 valence electrons. The molecular formula is C36H39ClF6N10O3. The van der Waals surface area contributed by atoms with Crippen molar-refractivity contribution < 1.29 is 40.7 Å². The summed E-state index contributed by atoms with van der Waals surface area (Å²) in [5.41, 5.74) is -5.70. The van der Waals surface area contributed by atoms with E-state index < -0.39 is 76.8 Å². The van der Waals surface area contributed by atoms with Gasteiger partial charge in [-0.1, -0.05) is 51.4 Å². The third-order valence-corrected chi connectivity index (χ3v) is 11.1. The molecule has 1 saturated heterocycles. The van der Waals surface area contributed by atoms with Crippen molar-refractivity contribution in [3.8, 4) is 5.69 Å². The second kappa shape index (κ2) is 13.6. The van der Waals surface area contributed by atoms with Crippen molar-refractivity contribution in [1.29, 1.82) is 5.41 Å². The molecule has 20 heteroatoms. The first-order valence-corrected chi connectivity index (χ1v) is 18.3. The van der Waals surface area contributed by atoms with Crippen LogP contribution < -0.4 is 10.6 Å². The number of guanidine groups is 1. The Morgan fingerprint density at radius 1 is 1.18 bits per heavy atom. The summed E-state index contributed by atoms with van der Waals surface area (Å²) in [6, 6.07) is 2.68. The number of hydrogen-bond donors (Lipinski definition) is 3. The van der Waals surface area contributed by atoms with Gasteiger partial charge in [0, 0.05) is 5.57 Å². The van der Waals surface area contributed by atoms with Crippen LogP contribution in [-0.2, 0) is 9.53 Å². The van der Waals surface area contributed by atoms with Gasteiger partial charge in [-0.15, -0.1) is 0 Å². The largest absolute Gasteiger partial charge is 0.447 e. The number of alkyl halides is 5. The fourth-order valence-electron chi connectivity index (χ4n) is 7.41. The SMILES string of the molecule is CC(C)(C)C[C@]1(C2(C)CC=C(c3cnn(C4CC4)n3)C=C2F)NC(=N)N([C@H](COC(=O)NC2(C(F)(F)F)CC2)c2ccc(Cl)c(-n3ncnc3C(F)F)c2)C1=O. The molecular weight excluding hydrogens is 770 g/mol. The van der Waals surface area contributed by atoms with Gasteiger partial charge in [-0.3, -0.25) is 15.1 Å². The molecule has 3 aliphatic carbocycles. The number of nitrogens with zero attached hydrogens (tertiary/aromatic N) is 7. The molecule has 4 aliphatic rings. The Morgan fingerprint density at radius 2 is 1.89 bits per heavy atom. The van der Waals surface area contributed by atoms with Crippen molar-refractivity contribution in [1.82, 2.24) is 45.3 Å². The first-order valence-electron chi connectivity index (χ1n) is 17.9. The van der Waals surface area contributed by atoms with Gasteiger partial charge in [0.25, 0.3) is 12.3 Å². The highest BCUT2D eigenvalue weighted by Gasteiger charge is 2.66. The number of amides is 2. The molecule has 3 aromatic rings. The number of benzene rings is 1. The summed E-state index contributed by atoms with van der Waals surface area (Å²) in [7, 11) is 0. The summed E-state index contributed by atoms with van der Waals surface area (Å²) in [6.45, 7) is 6.26. The molecule has 0 spiro atoms. The molecule has 13 nitrogen and oxygen atoms in total. The zero-order valence-corrected chi connectivity index (χ0v) is 31.5. The molecule has 7 rings (SSSR count). The van der Waals surface area contributed by atoms with Crippen LogP contribution in [0.1, 0.15) is 102 Å². The van der Waals surface area contributed by atoms with E-state index in [9.17, 15) is 32.2 Å². The zero-order valence-electron chi connectivity index (χ0n) is 30.7. The lowest BCUT2D eigenvalue weighted by molar-refractivity contribution is -0.164. The topological polar surface area (TPSA) is 156 Å². The number of alkyl carbamates (subject to hydrolysis) is 1. The maximum Gasteiger partial charge on any atom is 0.411 e.